The van der Waals surface area contributed by atoms with E-state index in [1.54, 1.807) is 19.1 Å². The Hall–Kier alpha value is -2.74. The Morgan fingerprint density at radius 1 is 1.15 bits per heavy atom. The molecule has 6 nitrogen and oxygen atoms in total. The van der Waals surface area contributed by atoms with Crippen LogP contribution in [0.2, 0.25) is 0 Å². The first-order valence-electron chi connectivity index (χ1n) is 7.60. The Balaban J connectivity index is 2.07. The number of carbonyl (C=O) groups excluding carboxylic acids is 3. The van der Waals surface area contributed by atoms with Gasteiger partial charge < -0.3 is 16.0 Å². The van der Waals surface area contributed by atoms with Gasteiger partial charge in [-0.3, -0.25) is 14.4 Å². The van der Waals surface area contributed by atoms with Gasteiger partial charge in [0, 0.05) is 22.8 Å². The number of hydrogen-bond acceptors (Lipinski definition) is 3. The summed E-state index contributed by atoms with van der Waals surface area (Å²) in [7, 11) is 1.50. The minimum Gasteiger partial charge on any atom is -0.366 e. The maximum absolute atomic E-state index is 13.5. The quantitative estimate of drug-likeness (QED) is 0.776. The van der Waals surface area contributed by atoms with E-state index in [1.807, 2.05) is 6.07 Å². The van der Waals surface area contributed by atoms with E-state index in [1.165, 1.54) is 18.0 Å². The summed E-state index contributed by atoms with van der Waals surface area (Å²) < 4.78 is 14.2. The van der Waals surface area contributed by atoms with Crippen LogP contribution < -0.4 is 11.1 Å². The van der Waals surface area contributed by atoms with Gasteiger partial charge in [-0.15, -0.1) is 0 Å². The monoisotopic (exact) mass is 421 g/mol. The third-order valence-electron chi connectivity index (χ3n) is 3.67. The number of aryl methyl sites for hydroxylation is 1. The summed E-state index contributed by atoms with van der Waals surface area (Å²) in [6, 6.07) is 8.80. The zero-order chi connectivity index (χ0) is 19.4. The van der Waals surface area contributed by atoms with Gasteiger partial charge in [-0.1, -0.05) is 22.0 Å². The molecule has 3 amide bonds. The first-order valence-corrected chi connectivity index (χ1v) is 8.39. The summed E-state index contributed by atoms with van der Waals surface area (Å²) in [6.45, 7) is 1.59. The Labute approximate surface area is 158 Å². The number of amides is 3. The highest BCUT2D eigenvalue weighted by molar-refractivity contribution is 9.10. The second-order valence-corrected chi connectivity index (χ2v) is 6.64. The van der Waals surface area contributed by atoms with E-state index in [-0.39, 0.29) is 23.7 Å². The highest BCUT2D eigenvalue weighted by atomic mass is 79.9. The third kappa shape index (κ3) is 4.66. The van der Waals surface area contributed by atoms with E-state index in [9.17, 15) is 18.8 Å². The van der Waals surface area contributed by atoms with Crippen LogP contribution in [-0.2, 0) is 4.79 Å². The predicted octanol–water partition coefficient (Wildman–Crippen LogP) is 2.71. The zero-order valence-electron chi connectivity index (χ0n) is 14.2. The van der Waals surface area contributed by atoms with Crippen LogP contribution in [0.5, 0.6) is 0 Å². The molecule has 0 fully saturated rings. The van der Waals surface area contributed by atoms with E-state index < -0.39 is 17.6 Å². The number of nitrogens with zero attached hydrogens (tertiary/aromatic N) is 1. The fourth-order valence-electron chi connectivity index (χ4n) is 2.31. The first-order chi connectivity index (χ1) is 12.2. The van der Waals surface area contributed by atoms with Crippen molar-refractivity contribution in [2.75, 3.05) is 18.9 Å². The Bertz CT molecular complexity index is 886. The number of carbonyl (C=O) groups is 3. The maximum Gasteiger partial charge on any atom is 0.254 e. The summed E-state index contributed by atoms with van der Waals surface area (Å²) >= 11 is 3.31. The Kier molecular flexibility index (Phi) is 6.10. The van der Waals surface area contributed by atoms with Crippen LogP contribution in [0.15, 0.2) is 40.9 Å². The second-order valence-electron chi connectivity index (χ2n) is 5.73. The molecule has 0 heterocycles. The molecule has 0 aliphatic rings. The third-order valence-corrected chi connectivity index (χ3v) is 4.17. The minimum absolute atomic E-state index is 0.213. The highest BCUT2D eigenvalue weighted by Gasteiger charge is 2.18. The van der Waals surface area contributed by atoms with Crippen molar-refractivity contribution in [1.29, 1.82) is 0 Å². The Morgan fingerprint density at radius 2 is 1.85 bits per heavy atom. The van der Waals surface area contributed by atoms with E-state index in [2.05, 4.69) is 21.2 Å². The molecule has 0 aromatic heterocycles. The first kappa shape index (κ1) is 19.6. The normalized spacial score (nSPS) is 10.3. The molecule has 136 valence electrons. The van der Waals surface area contributed by atoms with Gasteiger partial charge in [0.1, 0.15) is 5.82 Å². The number of halogens is 2. The van der Waals surface area contributed by atoms with Crippen LogP contribution in [0.1, 0.15) is 26.3 Å². The summed E-state index contributed by atoms with van der Waals surface area (Å²) in [4.78, 5) is 37.1. The van der Waals surface area contributed by atoms with Gasteiger partial charge in [0.05, 0.1) is 12.1 Å². The molecule has 8 heteroatoms. The van der Waals surface area contributed by atoms with Crippen molar-refractivity contribution in [1.82, 2.24) is 4.90 Å². The molecule has 0 atom stereocenters. The van der Waals surface area contributed by atoms with Crippen LogP contribution in [0.4, 0.5) is 10.1 Å². The number of hydrogen-bond donors (Lipinski definition) is 2. The van der Waals surface area contributed by atoms with E-state index >= 15 is 0 Å². The lowest BCUT2D eigenvalue weighted by atomic mass is 10.1. The van der Waals surface area contributed by atoms with Gasteiger partial charge in [-0.2, -0.15) is 0 Å². The van der Waals surface area contributed by atoms with Gasteiger partial charge in [-0.25, -0.2) is 4.39 Å². The standard InChI is InChI=1S/C18H17BrFN3O3/c1-10-3-4-11(19)7-13(10)18(26)23(2)9-16(24)22-12-5-6-15(20)14(8-12)17(21)25/h3-8H,9H2,1-2H3,(H2,21,25)(H,22,24). The average molecular weight is 422 g/mol. The molecule has 0 aliphatic heterocycles. The number of nitrogens with one attached hydrogen (secondary N) is 1. The number of benzene rings is 2. The number of rotatable bonds is 5. The van der Waals surface area contributed by atoms with Gasteiger partial charge in [-0.05, 0) is 42.8 Å². The van der Waals surface area contributed by atoms with Crippen molar-refractivity contribution in [3.8, 4) is 0 Å². The van der Waals surface area contributed by atoms with Gasteiger partial charge in [0.2, 0.25) is 5.91 Å². The summed E-state index contributed by atoms with van der Waals surface area (Å²) in [5.74, 6) is -2.50. The van der Waals surface area contributed by atoms with Crippen molar-refractivity contribution >= 4 is 39.3 Å². The maximum atomic E-state index is 13.5. The largest absolute Gasteiger partial charge is 0.366 e. The molecule has 2 aromatic rings. The summed E-state index contributed by atoms with van der Waals surface area (Å²) in [5, 5.41) is 2.51. The molecule has 0 unspecified atom stereocenters. The number of anilines is 1. The van der Waals surface area contributed by atoms with Crippen LogP contribution in [0, 0.1) is 12.7 Å². The van der Waals surface area contributed by atoms with Crippen LogP contribution in [-0.4, -0.2) is 36.2 Å². The average Bonchev–Trinajstić information content (AvgIpc) is 2.57. The van der Waals surface area contributed by atoms with Crippen LogP contribution >= 0.6 is 15.9 Å². The van der Waals surface area contributed by atoms with Gasteiger partial charge in [0.15, 0.2) is 0 Å². The lowest BCUT2D eigenvalue weighted by molar-refractivity contribution is -0.116. The van der Waals surface area contributed by atoms with Crippen molar-refractivity contribution in [3.63, 3.8) is 0 Å². The van der Waals surface area contributed by atoms with Gasteiger partial charge >= 0.3 is 0 Å². The molecule has 2 rings (SSSR count). The molecule has 0 saturated carbocycles. The van der Waals surface area contributed by atoms with Crippen LogP contribution in [0.25, 0.3) is 0 Å². The van der Waals surface area contributed by atoms with Crippen molar-refractivity contribution in [2.45, 2.75) is 6.92 Å². The van der Waals surface area contributed by atoms with E-state index in [4.69, 9.17) is 5.73 Å². The molecule has 26 heavy (non-hydrogen) atoms. The van der Waals surface area contributed by atoms with Crippen molar-refractivity contribution in [2.24, 2.45) is 5.73 Å². The molecule has 0 saturated heterocycles. The molecule has 0 bridgehead atoms. The fourth-order valence-corrected chi connectivity index (χ4v) is 2.67. The second kappa shape index (κ2) is 8.09. The minimum atomic E-state index is -0.934. The summed E-state index contributed by atoms with van der Waals surface area (Å²) in [6.07, 6.45) is 0. The number of nitrogens with two attached hydrogens (primary N) is 1. The van der Waals surface area contributed by atoms with Crippen molar-refractivity contribution in [3.05, 3.63) is 63.4 Å². The summed E-state index contributed by atoms with van der Waals surface area (Å²) in [5.41, 5.74) is 6.23. The zero-order valence-corrected chi connectivity index (χ0v) is 15.8. The SMILES string of the molecule is Cc1ccc(Br)cc1C(=O)N(C)CC(=O)Nc1ccc(F)c(C(N)=O)c1. The van der Waals surface area contributed by atoms with Crippen LogP contribution in [0.3, 0.4) is 0 Å². The van der Waals surface area contributed by atoms with E-state index in [0.29, 0.717) is 5.56 Å². The smallest absolute Gasteiger partial charge is 0.254 e. The topological polar surface area (TPSA) is 92.5 Å². The lowest BCUT2D eigenvalue weighted by Gasteiger charge is -2.18. The van der Waals surface area contributed by atoms with E-state index in [0.717, 1.165) is 22.2 Å². The van der Waals surface area contributed by atoms with Gasteiger partial charge in [0.25, 0.3) is 11.8 Å². The molecule has 2 aromatic carbocycles. The molecule has 0 radical (unpaired) electrons. The molecule has 0 spiro atoms. The molecule has 3 N–H and O–H groups in total. The number of likely N-dealkylation sites (N-methyl/N-ethyl adjacent to an activating group) is 1. The van der Waals surface area contributed by atoms with Crippen molar-refractivity contribution < 1.29 is 18.8 Å². The highest BCUT2D eigenvalue weighted by Crippen LogP contribution is 2.18. The molecule has 0 aliphatic carbocycles. The molecular weight excluding hydrogens is 405 g/mol. The number of primary amides is 1. The Morgan fingerprint density at radius 3 is 2.50 bits per heavy atom. The lowest BCUT2D eigenvalue weighted by Crippen LogP contribution is -2.35. The fraction of sp³-hybridized carbons (Fsp3) is 0.167. The molecular formula is C18H17BrFN3O3. The predicted molar refractivity (Wildman–Crippen MR) is 99.4 cm³/mol.